The Hall–Kier alpha value is -2.73. The van der Waals surface area contributed by atoms with Gasteiger partial charge in [-0.1, -0.05) is 68.5 Å². The molecule has 0 spiro atoms. The van der Waals surface area contributed by atoms with Crippen molar-refractivity contribution in [1.29, 1.82) is 0 Å². The highest BCUT2D eigenvalue weighted by molar-refractivity contribution is 6.33. The number of hydrogen-bond acceptors (Lipinski definition) is 4. The quantitative estimate of drug-likeness (QED) is 0.242. The first kappa shape index (κ1) is 27.5. The molecule has 0 fully saturated rings. The summed E-state index contributed by atoms with van der Waals surface area (Å²) in [5.41, 5.74) is 0.468. The van der Waals surface area contributed by atoms with E-state index in [2.05, 4.69) is 12.2 Å². The Labute approximate surface area is 208 Å². The van der Waals surface area contributed by atoms with E-state index in [4.69, 9.17) is 21.1 Å². The van der Waals surface area contributed by atoms with E-state index in [1.165, 1.54) is 19.3 Å². The number of amides is 2. The van der Waals surface area contributed by atoms with Crippen molar-refractivity contribution >= 4 is 29.3 Å². The second kappa shape index (κ2) is 13.9. The summed E-state index contributed by atoms with van der Waals surface area (Å²) in [5, 5.41) is 3.43. The molecule has 0 aliphatic carbocycles. The lowest BCUT2D eigenvalue weighted by Gasteiger charge is -2.25. The van der Waals surface area contributed by atoms with E-state index >= 15 is 0 Å². The van der Waals surface area contributed by atoms with E-state index < -0.39 is 11.6 Å². The summed E-state index contributed by atoms with van der Waals surface area (Å²) in [6, 6.07) is 14.5. The maximum Gasteiger partial charge on any atom is 0.349 e. The number of halogens is 1. The SMILES string of the molecule is CCCCCCCN(Cc1ccc(OC(C)(C)C(=O)OCC)cc1)C(=O)Nc1ccccc1Cl. The third kappa shape index (κ3) is 8.90. The highest BCUT2D eigenvalue weighted by atomic mass is 35.5. The van der Waals surface area contributed by atoms with Crippen LogP contribution >= 0.6 is 11.6 Å². The first-order valence-electron chi connectivity index (χ1n) is 12.0. The van der Waals surface area contributed by atoms with Crippen LogP contribution in [-0.2, 0) is 16.1 Å². The van der Waals surface area contributed by atoms with Crippen LogP contribution in [0.5, 0.6) is 5.75 Å². The minimum Gasteiger partial charge on any atom is -0.476 e. The number of anilines is 1. The Balaban J connectivity index is 2.06. The van der Waals surface area contributed by atoms with Gasteiger partial charge in [0.2, 0.25) is 0 Å². The summed E-state index contributed by atoms with van der Waals surface area (Å²) in [6.07, 6.45) is 5.57. The van der Waals surface area contributed by atoms with E-state index in [1.807, 2.05) is 36.4 Å². The Morgan fingerprint density at radius 1 is 0.971 bits per heavy atom. The zero-order chi connectivity index (χ0) is 25.0. The standard InChI is InChI=1S/C27H37ClN2O4/c1-5-7-8-9-12-19-30(26(32)29-24-14-11-10-13-23(24)28)20-21-15-17-22(18-16-21)34-27(3,4)25(31)33-6-2/h10-11,13-18H,5-9,12,19-20H2,1-4H3,(H,29,32). The van der Waals surface area contributed by atoms with Gasteiger partial charge in [0.25, 0.3) is 0 Å². The molecule has 2 aromatic carbocycles. The molecule has 0 saturated carbocycles. The second-order valence-corrected chi connectivity index (χ2v) is 9.13. The van der Waals surface area contributed by atoms with Gasteiger partial charge in [0, 0.05) is 13.1 Å². The van der Waals surface area contributed by atoms with Crippen LogP contribution in [0.15, 0.2) is 48.5 Å². The molecule has 0 aliphatic rings. The lowest BCUT2D eigenvalue weighted by atomic mass is 10.1. The fourth-order valence-electron chi connectivity index (χ4n) is 3.44. The molecule has 0 atom stereocenters. The van der Waals surface area contributed by atoms with Crippen molar-refractivity contribution in [3.05, 3.63) is 59.1 Å². The predicted molar refractivity (Wildman–Crippen MR) is 137 cm³/mol. The zero-order valence-electron chi connectivity index (χ0n) is 20.7. The van der Waals surface area contributed by atoms with Crippen LogP contribution in [0.2, 0.25) is 5.02 Å². The average Bonchev–Trinajstić information content (AvgIpc) is 2.80. The fraction of sp³-hybridized carbons (Fsp3) is 0.481. The van der Waals surface area contributed by atoms with Crippen LogP contribution < -0.4 is 10.1 Å². The van der Waals surface area contributed by atoms with Crippen molar-refractivity contribution < 1.29 is 19.1 Å². The zero-order valence-corrected chi connectivity index (χ0v) is 21.5. The Kier molecular flexibility index (Phi) is 11.2. The molecular weight excluding hydrogens is 452 g/mol. The van der Waals surface area contributed by atoms with E-state index in [9.17, 15) is 9.59 Å². The number of ether oxygens (including phenoxy) is 2. The minimum absolute atomic E-state index is 0.188. The van der Waals surface area contributed by atoms with E-state index in [1.54, 1.807) is 37.8 Å². The monoisotopic (exact) mass is 488 g/mol. The molecule has 0 heterocycles. The third-order valence-corrected chi connectivity index (χ3v) is 5.70. The summed E-state index contributed by atoms with van der Waals surface area (Å²) in [5.74, 6) is 0.151. The maximum atomic E-state index is 13.1. The number of nitrogens with zero attached hydrogens (tertiary/aromatic N) is 1. The van der Waals surface area contributed by atoms with Gasteiger partial charge in [-0.25, -0.2) is 9.59 Å². The van der Waals surface area contributed by atoms with Crippen LogP contribution in [0.4, 0.5) is 10.5 Å². The topological polar surface area (TPSA) is 67.9 Å². The molecule has 2 rings (SSSR count). The van der Waals surface area contributed by atoms with E-state index in [0.717, 1.165) is 18.4 Å². The molecule has 186 valence electrons. The third-order valence-electron chi connectivity index (χ3n) is 5.37. The molecule has 2 amide bonds. The van der Waals surface area contributed by atoms with Gasteiger partial charge in [-0.05, 0) is 57.0 Å². The lowest BCUT2D eigenvalue weighted by molar-refractivity contribution is -0.158. The average molecular weight is 489 g/mol. The van der Waals surface area contributed by atoms with Crippen molar-refractivity contribution in [1.82, 2.24) is 4.90 Å². The second-order valence-electron chi connectivity index (χ2n) is 8.72. The maximum absolute atomic E-state index is 13.1. The fourth-order valence-corrected chi connectivity index (χ4v) is 3.62. The van der Waals surface area contributed by atoms with Crippen LogP contribution in [0.25, 0.3) is 0 Å². The van der Waals surface area contributed by atoms with Crippen molar-refractivity contribution in [2.45, 2.75) is 71.9 Å². The molecule has 2 aromatic rings. The Morgan fingerprint density at radius 2 is 1.65 bits per heavy atom. The Morgan fingerprint density at radius 3 is 2.29 bits per heavy atom. The number of nitrogens with one attached hydrogen (secondary N) is 1. The normalized spacial score (nSPS) is 11.1. The summed E-state index contributed by atoms with van der Waals surface area (Å²) in [7, 11) is 0. The molecule has 0 radical (unpaired) electrons. The number of rotatable bonds is 13. The molecule has 34 heavy (non-hydrogen) atoms. The number of para-hydroxylation sites is 1. The number of carbonyl (C=O) groups excluding carboxylic acids is 2. The van der Waals surface area contributed by atoms with E-state index in [-0.39, 0.29) is 6.03 Å². The van der Waals surface area contributed by atoms with Gasteiger partial charge in [-0.15, -0.1) is 0 Å². The first-order chi connectivity index (χ1) is 16.3. The number of unbranched alkanes of at least 4 members (excludes halogenated alkanes) is 4. The van der Waals surface area contributed by atoms with Crippen LogP contribution in [0.1, 0.15) is 65.4 Å². The minimum atomic E-state index is -1.09. The van der Waals surface area contributed by atoms with Gasteiger partial charge >= 0.3 is 12.0 Å². The Bertz CT molecular complexity index is 915. The van der Waals surface area contributed by atoms with Gasteiger partial charge in [-0.2, -0.15) is 0 Å². The predicted octanol–water partition coefficient (Wildman–Crippen LogP) is 7.07. The van der Waals surface area contributed by atoms with Crippen LogP contribution in [-0.4, -0.2) is 35.7 Å². The molecule has 6 nitrogen and oxygen atoms in total. The van der Waals surface area contributed by atoms with Gasteiger partial charge in [0.15, 0.2) is 5.60 Å². The van der Waals surface area contributed by atoms with Gasteiger partial charge in [0.05, 0.1) is 17.3 Å². The van der Waals surface area contributed by atoms with Crippen molar-refractivity contribution in [2.24, 2.45) is 0 Å². The summed E-state index contributed by atoms with van der Waals surface area (Å²) in [4.78, 5) is 26.9. The molecule has 0 unspecified atom stereocenters. The lowest BCUT2D eigenvalue weighted by Crippen LogP contribution is -2.39. The first-order valence-corrected chi connectivity index (χ1v) is 12.4. The molecular formula is C27H37ClN2O4. The molecule has 0 aliphatic heterocycles. The van der Waals surface area contributed by atoms with Gasteiger partial charge in [0.1, 0.15) is 5.75 Å². The summed E-state index contributed by atoms with van der Waals surface area (Å²) >= 11 is 6.23. The molecule has 0 aromatic heterocycles. The van der Waals surface area contributed by atoms with Crippen LogP contribution in [0, 0.1) is 0 Å². The smallest absolute Gasteiger partial charge is 0.349 e. The van der Waals surface area contributed by atoms with Crippen molar-refractivity contribution in [3.8, 4) is 5.75 Å². The number of esters is 1. The molecule has 7 heteroatoms. The summed E-state index contributed by atoms with van der Waals surface area (Å²) in [6.45, 7) is 8.70. The highest BCUT2D eigenvalue weighted by Gasteiger charge is 2.31. The number of benzene rings is 2. The van der Waals surface area contributed by atoms with Crippen molar-refractivity contribution in [2.75, 3.05) is 18.5 Å². The van der Waals surface area contributed by atoms with Crippen molar-refractivity contribution in [3.63, 3.8) is 0 Å². The van der Waals surface area contributed by atoms with Gasteiger partial charge < -0.3 is 19.7 Å². The molecule has 0 bridgehead atoms. The number of carbonyl (C=O) groups is 2. The molecule has 1 N–H and O–H groups in total. The van der Waals surface area contributed by atoms with Gasteiger partial charge in [-0.3, -0.25) is 0 Å². The largest absolute Gasteiger partial charge is 0.476 e. The van der Waals surface area contributed by atoms with E-state index in [0.29, 0.717) is 36.2 Å². The number of urea groups is 1. The summed E-state index contributed by atoms with van der Waals surface area (Å²) < 4.78 is 10.9. The van der Waals surface area contributed by atoms with Crippen LogP contribution in [0.3, 0.4) is 0 Å². The highest BCUT2D eigenvalue weighted by Crippen LogP contribution is 2.23. The molecule has 0 saturated heterocycles. The number of hydrogen-bond donors (Lipinski definition) is 1.